The number of benzene rings is 1. The summed E-state index contributed by atoms with van der Waals surface area (Å²) in [6.07, 6.45) is 1.63. The SMILES string of the molecule is CCCN(CCC)C(=O)C(C)(C)C(=O)Nc1cc(C(=O)OC)ccc1Cl. The zero-order chi connectivity index (χ0) is 19.9. The van der Waals surface area contributed by atoms with Crippen LogP contribution in [-0.2, 0) is 14.3 Å². The monoisotopic (exact) mass is 382 g/mol. The van der Waals surface area contributed by atoms with Crippen LogP contribution in [0.15, 0.2) is 18.2 Å². The van der Waals surface area contributed by atoms with E-state index in [9.17, 15) is 14.4 Å². The van der Waals surface area contributed by atoms with Crippen molar-refractivity contribution in [3.8, 4) is 0 Å². The lowest BCUT2D eigenvalue weighted by atomic mass is 9.89. The van der Waals surface area contributed by atoms with Gasteiger partial charge in [-0.25, -0.2) is 4.79 Å². The van der Waals surface area contributed by atoms with E-state index in [1.807, 2.05) is 13.8 Å². The van der Waals surface area contributed by atoms with Gasteiger partial charge in [0.05, 0.1) is 23.4 Å². The first-order valence-corrected chi connectivity index (χ1v) is 9.05. The second kappa shape index (κ2) is 9.57. The second-order valence-electron chi connectivity index (χ2n) is 6.56. The molecule has 0 unspecified atom stereocenters. The van der Waals surface area contributed by atoms with Gasteiger partial charge in [0.1, 0.15) is 5.41 Å². The van der Waals surface area contributed by atoms with E-state index < -0.39 is 17.3 Å². The van der Waals surface area contributed by atoms with Gasteiger partial charge < -0.3 is 15.0 Å². The van der Waals surface area contributed by atoms with Gasteiger partial charge in [0.2, 0.25) is 11.8 Å². The zero-order valence-electron chi connectivity index (χ0n) is 16.0. The Kier molecular flexibility index (Phi) is 8.08. The van der Waals surface area contributed by atoms with E-state index in [1.54, 1.807) is 18.7 Å². The summed E-state index contributed by atoms with van der Waals surface area (Å²) in [7, 11) is 1.27. The molecule has 1 aromatic rings. The number of anilines is 1. The molecule has 1 aromatic carbocycles. The molecule has 0 aliphatic rings. The highest BCUT2D eigenvalue weighted by Crippen LogP contribution is 2.27. The lowest BCUT2D eigenvalue weighted by molar-refractivity contribution is -0.146. The molecule has 0 aromatic heterocycles. The van der Waals surface area contributed by atoms with Crippen molar-refractivity contribution in [2.75, 3.05) is 25.5 Å². The number of rotatable bonds is 8. The number of methoxy groups -OCH3 is 1. The van der Waals surface area contributed by atoms with E-state index in [0.29, 0.717) is 13.1 Å². The first kappa shape index (κ1) is 22.0. The largest absolute Gasteiger partial charge is 0.465 e. The van der Waals surface area contributed by atoms with Crippen LogP contribution < -0.4 is 5.32 Å². The minimum absolute atomic E-state index is 0.237. The van der Waals surface area contributed by atoms with E-state index in [2.05, 4.69) is 10.1 Å². The molecule has 26 heavy (non-hydrogen) atoms. The van der Waals surface area contributed by atoms with Gasteiger partial charge in [-0.05, 0) is 44.9 Å². The molecule has 0 radical (unpaired) electrons. The van der Waals surface area contributed by atoms with Crippen molar-refractivity contribution in [3.05, 3.63) is 28.8 Å². The van der Waals surface area contributed by atoms with Crippen LogP contribution in [0.25, 0.3) is 0 Å². The Hall–Kier alpha value is -2.08. The topological polar surface area (TPSA) is 75.7 Å². The molecule has 0 bridgehead atoms. The van der Waals surface area contributed by atoms with Crippen molar-refractivity contribution in [2.45, 2.75) is 40.5 Å². The number of esters is 1. The summed E-state index contributed by atoms with van der Waals surface area (Å²) in [5, 5.41) is 2.94. The van der Waals surface area contributed by atoms with Crippen molar-refractivity contribution in [1.29, 1.82) is 0 Å². The van der Waals surface area contributed by atoms with E-state index >= 15 is 0 Å². The Morgan fingerprint density at radius 2 is 1.73 bits per heavy atom. The third kappa shape index (κ3) is 5.21. The smallest absolute Gasteiger partial charge is 0.337 e. The second-order valence-corrected chi connectivity index (χ2v) is 6.96. The number of hydrogen-bond acceptors (Lipinski definition) is 4. The van der Waals surface area contributed by atoms with Gasteiger partial charge in [0, 0.05) is 13.1 Å². The van der Waals surface area contributed by atoms with Gasteiger partial charge in [0.15, 0.2) is 0 Å². The van der Waals surface area contributed by atoms with Crippen LogP contribution >= 0.6 is 11.6 Å². The average Bonchev–Trinajstić information content (AvgIpc) is 2.61. The Bertz CT molecular complexity index is 668. The Morgan fingerprint density at radius 3 is 2.23 bits per heavy atom. The van der Waals surface area contributed by atoms with Gasteiger partial charge in [0.25, 0.3) is 0 Å². The molecule has 7 heteroatoms. The zero-order valence-corrected chi connectivity index (χ0v) is 16.8. The number of hydrogen-bond donors (Lipinski definition) is 1. The number of carbonyl (C=O) groups excluding carboxylic acids is 3. The fourth-order valence-electron chi connectivity index (χ4n) is 2.49. The quantitative estimate of drug-likeness (QED) is 0.549. The molecule has 144 valence electrons. The molecule has 1 N–H and O–H groups in total. The highest BCUT2D eigenvalue weighted by molar-refractivity contribution is 6.34. The number of nitrogens with zero attached hydrogens (tertiary/aromatic N) is 1. The molecule has 0 heterocycles. The Morgan fingerprint density at radius 1 is 1.15 bits per heavy atom. The minimum Gasteiger partial charge on any atom is -0.465 e. The van der Waals surface area contributed by atoms with Crippen molar-refractivity contribution >= 4 is 35.1 Å². The lowest BCUT2D eigenvalue weighted by Crippen LogP contribution is -2.48. The predicted molar refractivity (Wildman–Crippen MR) is 102 cm³/mol. The van der Waals surface area contributed by atoms with Crippen molar-refractivity contribution in [2.24, 2.45) is 5.41 Å². The van der Waals surface area contributed by atoms with Gasteiger partial charge in [-0.3, -0.25) is 9.59 Å². The van der Waals surface area contributed by atoms with Crippen LogP contribution in [0.1, 0.15) is 50.9 Å². The third-order valence-corrected chi connectivity index (χ3v) is 4.34. The lowest BCUT2D eigenvalue weighted by Gasteiger charge is -2.31. The van der Waals surface area contributed by atoms with Crippen LogP contribution in [0.2, 0.25) is 5.02 Å². The molecule has 1 rings (SSSR count). The number of nitrogens with one attached hydrogen (secondary N) is 1. The summed E-state index contributed by atoms with van der Waals surface area (Å²) in [5.74, 6) is -1.26. The molecule has 0 aliphatic heterocycles. The van der Waals surface area contributed by atoms with Crippen LogP contribution in [0.3, 0.4) is 0 Å². The van der Waals surface area contributed by atoms with Crippen molar-refractivity contribution in [1.82, 2.24) is 4.90 Å². The molecule has 0 aliphatic carbocycles. The van der Waals surface area contributed by atoms with E-state index in [0.717, 1.165) is 12.8 Å². The maximum Gasteiger partial charge on any atom is 0.337 e. The first-order chi connectivity index (χ1) is 12.2. The highest BCUT2D eigenvalue weighted by atomic mass is 35.5. The number of halogens is 1. The third-order valence-electron chi connectivity index (χ3n) is 4.01. The predicted octanol–water partition coefficient (Wildman–Crippen LogP) is 3.74. The molecule has 6 nitrogen and oxygen atoms in total. The maximum atomic E-state index is 12.8. The first-order valence-electron chi connectivity index (χ1n) is 8.67. The summed E-state index contributed by atoms with van der Waals surface area (Å²) in [5.41, 5.74) is -0.748. The van der Waals surface area contributed by atoms with Gasteiger partial charge in [-0.1, -0.05) is 25.4 Å². The number of carbonyl (C=O) groups is 3. The summed E-state index contributed by atoms with van der Waals surface area (Å²) >= 11 is 6.12. The fourth-order valence-corrected chi connectivity index (χ4v) is 2.66. The number of amides is 2. The van der Waals surface area contributed by atoms with Crippen LogP contribution in [0.4, 0.5) is 5.69 Å². The summed E-state index contributed by atoms with van der Waals surface area (Å²) in [6, 6.07) is 4.44. The molecule has 0 spiro atoms. The summed E-state index contributed by atoms with van der Waals surface area (Å²) in [4.78, 5) is 39.0. The normalized spacial score (nSPS) is 11.0. The molecule has 0 saturated carbocycles. The van der Waals surface area contributed by atoms with E-state index in [4.69, 9.17) is 11.6 Å². The molecular weight excluding hydrogens is 356 g/mol. The van der Waals surface area contributed by atoms with Crippen LogP contribution in [-0.4, -0.2) is 42.9 Å². The van der Waals surface area contributed by atoms with E-state index in [-0.39, 0.29) is 22.2 Å². The molecule has 2 amide bonds. The molecular formula is C19H27ClN2O4. The minimum atomic E-state index is -1.27. The van der Waals surface area contributed by atoms with Crippen molar-refractivity contribution < 1.29 is 19.1 Å². The maximum absolute atomic E-state index is 12.8. The summed E-state index contributed by atoms with van der Waals surface area (Å²) in [6.45, 7) is 8.34. The fraction of sp³-hybridized carbons (Fsp3) is 0.526. The van der Waals surface area contributed by atoms with Gasteiger partial charge in [-0.2, -0.15) is 0 Å². The average molecular weight is 383 g/mol. The van der Waals surface area contributed by atoms with E-state index in [1.165, 1.54) is 25.3 Å². The van der Waals surface area contributed by atoms with Crippen molar-refractivity contribution in [3.63, 3.8) is 0 Å². The molecule has 0 atom stereocenters. The Labute approximate surface area is 159 Å². The van der Waals surface area contributed by atoms with Crippen LogP contribution in [0, 0.1) is 5.41 Å². The standard InChI is InChI=1S/C19H27ClN2O4/c1-6-10-22(11-7-2)18(25)19(3,4)17(24)21-15-12-13(16(23)26-5)8-9-14(15)20/h8-9,12H,6-7,10-11H2,1-5H3,(H,21,24). The molecule has 0 saturated heterocycles. The summed E-state index contributed by atoms with van der Waals surface area (Å²) < 4.78 is 4.67. The molecule has 0 fully saturated rings. The highest BCUT2D eigenvalue weighted by Gasteiger charge is 2.39. The van der Waals surface area contributed by atoms with Crippen LogP contribution in [0.5, 0.6) is 0 Å². The Balaban J connectivity index is 3.04. The van der Waals surface area contributed by atoms with Gasteiger partial charge in [-0.15, -0.1) is 0 Å². The van der Waals surface area contributed by atoms with Gasteiger partial charge >= 0.3 is 5.97 Å². The number of ether oxygens (including phenoxy) is 1.